The molecule has 178 valence electrons. The van der Waals surface area contributed by atoms with E-state index >= 15 is 0 Å². The van der Waals surface area contributed by atoms with E-state index in [9.17, 15) is 4.79 Å². The summed E-state index contributed by atoms with van der Waals surface area (Å²) < 4.78 is 5.99. The zero-order valence-electron chi connectivity index (χ0n) is 20.4. The molecule has 4 rings (SSSR count). The SMILES string of the molecule is CC1(C)CC(NC(=O)c2ccc(COc3cccc(-c4ccc(N)nc4)c3)cc2)CC(C)(C)N1. The second-order valence-electron chi connectivity index (χ2n) is 10.5. The van der Waals surface area contributed by atoms with Gasteiger partial charge in [0.15, 0.2) is 0 Å². The van der Waals surface area contributed by atoms with Crippen LogP contribution < -0.4 is 21.1 Å². The normalized spacial score (nSPS) is 17.2. The first-order valence-corrected chi connectivity index (χ1v) is 11.7. The summed E-state index contributed by atoms with van der Waals surface area (Å²) in [4.78, 5) is 17.0. The van der Waals surface area contributed by atoms with E-state index in [1.54, 1.807) is 12.3 Å². The molecule has 1 saturated heterocycles. The van der Waals surface area contributed by atoms with E-state index in [1.165, 1.54) is 0 Å². The molecule has 0 aliphatic carbocycles. The molecule has 0 spiro atoms. The van der Waals surface area contributed by atoms with E-state index in [-0.39, 0.29) is 23.0 Å². The fourth-order valence-electron chi connectivity index (χ4n) is 4.95. The molecule has 1 aromatic heterocycles. The van der Waals surface area contributed by atoms with Crippen molar-refractivity contribution in [3.63, 3.8) is 0 Å². The number of rotatable bonds is 6. The zero-order valence-corrected chi connectivity index (χ0v) is 20.4. The molecule has 1 aliphatic heterocycles. The number of nitrogens with zero attached hydrogens (tertiary/aromatic N) is 1. The lowest BCUT2D eigenvalue weighted by molar-refractivity contribution is 0.0873. The predicted octanol–water partition coefficient (Wildman–Crippen LogP) is 4.95. The number of nitrogens with two attached hydrogens (primary N) is 1. The number of anilines is 1. The van der Waals surface area contributed by atoms with Gasteiger partial charge < -0.3 is 21.1 Å². The summed E-state index contributed by atoms with van der Waals surface area (Å²) in [6, 6.07) is 19.4. The molecular weight excluding hydrogens is 424 g/mol. The summed E-state index contributed by atoms with van der Waals surface area (Å²) in [5, 5.41) is 6.88. The third-order valence-electron chi connectivity index (χ3n) is 6.10. The lowest BCUT2D eigenvalue weighted by Crippen LogP contribution is -2.62. The molecular formula is C28H34N4O2. The van der Waals surface area contributed by atoms with E-state index in [0.717, 1.165) is 35.3 Å². The molecule has 2 heterocycles. The Kier molecular flexibility index (Phi) is 6.62. The van der Waals surface area contributed by atoms with Gasteiger partial charge in [-0.25, -0.2) is 4.98 Å². The van der Waals surface area contributed by atoms with Crippen LogP contribution in [-0.2, 0) is 6.61 Å². The highest BCUT2D eigenvalue weighted by atomic mass is 16.5. The first-order valence-electron chi connectivity index (χ1n) is 11.7. The minimum absolute atomic E-state index is 0.0113. The standard InChI is InChI=1S/C28H34N4O2/c1-27(2)15-23(16-28(3,4)32-27)31-26(33)20-10-8-19(9-11-20)18-34-24-7-5-6-21(14-24)22-12-13-25(29)30-17-22/h5-14,17,23,32H,15-16,18H2,1-4H3,(H2,29,30)(H,31,33). The second-order valence-corrected chi connectivity index (χ2v) is 10.5. The summed E-state index contributed by atoms with van der Waals surface area (Å²) in [5.74, 6) is 1.24. The number of pyridine rings is 1. The van der Waals surface area contributed by atoms with Crippen LogP contribution in [0.3, 0.4) is 0 Å². The molecule has 4 N–H and O–H groups in total. The third kappa shape index (κ3) is 6.14. The number of aromatic nitrogens is 1. The van der Waals surface area contributed by atoms with Crippen LogP contribution in [0, 0.1) is 0 Å². The van der Waals surface area contributed by atoms with Gasteiger partial charge in [-0.2, -0.15) is 0 Å². The van der Waals surface area contributed by atoms with E-state index in [0.29, 0.717) is 18.0 Å². The summed E-state index contributed by atoms with van der Waals surface area (Å²) in [5.41, 5.74) is 9.32. The number of ether oxygens (including phenoxy) is 1. The Morgan fingerprint density at radius 1 is 1.03 bits per heavy atom. The number of amides is 1. The highest BCUT2D eigenvalue weighted by molar-refractivity contribution is 5.94. The Balaban J connectivity index is 1.35. The highest BCUT2D eigenvalue weighted by Crippen LogP contribution is 2.29. The van der Waals surface area contributed by atoms with Crippen molar-refractivity contribution < 1.29 is 9.53 Å². The Bertz CT molecular complexity index is 1120. The van der Waals surface area contributed by atoms with Crippen molar-refractivity contribution in [2.24, 2.45) is 0 Å². The number of nitrogen functional groups attached to an aromatic ring is 1. The monoisotopic (exact) mass is 458 g/mol. The number of hydrogen-bond donors (Lipinski definition) is 3. The van der Waals surface area contributed by atoms with Crippen molar-refractivity contribution in [3.8, 4) is 16.9 Å². The zero-order chi connectivity index (χ0) is 24.3. The maximum Gasteiger partial charge on any atom is 0.251 e. The molecule has 6 heteroatoms. The molecule has 34 heavy (non-hydrogen) atoms. The van der Waals surface area contributed by atoms with Gasteiger partial charge in [-0.3, -0.25) is 4.79 Å². The lowest BCUT2D eigenvalue weighted by atomic mass is 9.79. The van der Waals surface area contributed by atoms with Gasteiger partial charge in [0.25, 0.3) is 5.91 Å². The van der Waals surface area contributed by atoms with E-state index in [1.807, 2.05) is 54.6 Å². The van der Waals surface area contributed by atoms with Gasteiger partial charge >= 0.3 is 0 Å². The van der Waals surface area contributed by atoms with Crippen LogP contribution in [0.25, 0.3) is 11.1 Å². The fraction of sp³-hybridized carbons (Fsp3) is 0.357. The Labute approximate surface area is 201 Å². The van der Waals surface area contributed by atoms with Crippen LogP contribution in [0.5, 0.6) is 5.75 Å². The molecule has 1 fully saturated rings. The minimum atomic E-state index is -0.0317. The average molecular weight is 459 g/mol. The molecule has 3 aromatic rings. The molecule has 0 bridgehead atoms. The molecule has 0 atom stereocenters. The molecule has 0 unspecified atom stereocenters. The number of carbonyl (C=O) groups is 1. The molecule has 6 nitrogen and oxygen atoms in total. The molecule has 2 aromatic carbocycles. The number of benzene rings is 2. The van der Waals surface area contributed by atoms with Gasteiger partial charge in [0.1, 0.15) is 18.2 Å². The highest BCUT2D eigenvalue weighted by Gasteiger charge is 2.38. The number of carbonyl (C=O) groups excluding carboxylic acids is 1. The van der Waals surface area contributed by atoms with Gasteiger partial charge in [0.2, 0.25) is 0 Å². The maximum atomic E-state index is 12.8. The van der Waals surface area contributed by atoms with Gasteiger partial charge in [-0.05, 0) is 88.1 Å². The fourth-order valence-corrected chi connectivity index (χ4v) is 4.95. The smallest absolute Gasteiger partial charge is 0.251 e. The van der Waals surface area contributed by atoms with Crippen molar-refractivity contribution in [1.82, 2.24) is 15.6 Å². The van der Waals surface area contributed by atoms with E-state index in [2.05, 4.69) is 43.3 Å². The Hall–Kier alpha value is -3.38. The van der Waals surface area contributed by atoms with Crippen molar-refractivity contribution in [2.45, 2.75) is 64.3 Å². The van der Waals surface area contributed by atoms with Crippen LogP contribution in [-0.4, -0.2) is 28.0 Å². The van der Waals surface area contributed by atoms with Crippen molar-refractivity contribution >= 4 is 11.7 Å². The summed E-state index contributed by atoms with van der Waals surface area (Å²) >= 11 is 0. The quantitative estimate of drug-likeness (QED) is 0.486. The largest absolute Gasteiger partial charge is 0.489 e. The van der Waals surface area contributed by atoms with Crippen LogP contribution >= 0.6 is 0 Å². The van der Waals surface area contributed by atoms with Crippen LogP contribution in [0.2, 0.25) is 0 Å². The first-order chi connectivity index (χ1) is 16.1. The van der Waals surface area contributed by atoms with E-state index in [4.69, 9.17) is 10.5 Å². The summed E-state index contributed by atoms with van der Waals surface area (Å²) in [6.45, 7) is 9.16. The van der Waals surface area contributed by atoms with Crippen molar-refractivity contribution in [2.75, 3.05) is 5.73 Å². The topological polar surface area (TPSA) is 89.3 Å². The van der Waals surface area contributed by atoms with Gasteiger partial charge in [-0.15, -0.1) is 0 Å². The summed E-state index contributed by atoms with van der Waals surface area (Å²) in [6.07, 6.45) is 3.56. The Morgan fingerprint density at radius 3 is 2.38 bits per heavy atom. The predicted molar refractivity (Wildman–Crippen MR) is 137 cm³/mol. The van der Waals surface area contributed by atoms with Crippen molar-refractivity contribution in [1.29, 1.82) is 0 Å². The van der Waals surface area contributed by atoms with Gasteiger partial charge in [-0.1, -0.05) is 24.3 Å². The van der Waals surface area contributed by atoms with E-state index < -0.39 is 0 Å². The molecule has 0 radical (unpaired) electrons. The van der Waals surface area contributed by atoms with Crippen molar-refractivity contribution in [3.05, 3.63) is 78.0 Å². The second kappa shape index (κ2) is 9.47. The number of piperidine rings is 1. The third-order valence-corrected chi connectivity index (χ3v) is 6.10. The molecule has 1 aliphatic rings. The maximum absolute atomic E-state index is 12.8. The van der Waals surface area contributed by atoms with Gasteiger partial charge in [0.05, 0.1) is 0 Å². The average Bonchev–Trinajstić information content (AvgIpc) is 2.76. The summed E-state index contributed by atoms with van der Waals surface area (Å²) in [7, 11) is 0. The lowest BCUT2D eigenvalue weighted by Gasteiger charge is -2.46. The van der Waals surface area contributed by atoms with Gasteiger partial charge in [0, 0.05) is 34.4 Å². The Morgan fingerprint density at radius 2 is 1.74 bits per heavy atom. The van der Waals surface area contributed by atoms with Crippen LogP contribution in [0.15, 0.2) is 66.9 Å². The number of nitrogens with one attached hydrogen (secondary N) is 2. The van der Waals surface area contributed by atoms with Crippen LogP contribution in [0.4, 0.5) is 5.82 Å². The van der Waals surface area contributed by atoms with Crippen LogP contribution in [0.1, 0.15) is 56.5 Å². The molecule has 1 amide bonds. The first kappa shape index (κ1) is 23.8. The number of hydrogen-bond acceptors (Lipinski definition) is 5. The minimum Gasteiger partial charge on any atom is -0.489 e. The molecule has 0 saturated carbocycles.